The van der Waals surface area contributed by atoms with E-state index >= 15 is 0 Å². The van der Waals surface area contributed by atoms with Gasteiger partial charge in [-0.2, -0.15) is 0 Å². The van der Waals surface area contributed by atoms with Crippen LogP contribution in [0.4, 0.5) is 5.13 Å². The summed E-state index contributed by atoms with van der Waals surface area (Å²) in [6.07, 6.45) is 3.44. The number of aromatic nitrogens is 1. The molecular weight excluding hydrogens is 374 g/mol. The summed E-state index contributed by atoms with van der Waals surface area (Å²) in [6, 6.07) is 13.6. The molecule has 6 nitrogen and oxygen atoms in total. The zero-order valence-corrected chi connectivity index (χ0v) is 16.7. The maximum absolute atomic E-state index is 13.0. The van der Waals surface area contributed by atoms with Gasteiger partial charge < -0.3 is 14.4 Å². The Labute approximate surface area is 167 Å². The quantitative estimate of drug-likeness (QED) is 0.649. The molecule has 0 fully saturated rings. The van der Waals surface area contributed by atoms with Crippen molar-refractivity contribution in [3.8, 4) is 11.5 Å². The second kappa shape index (κ2) is 8.00. The SMILES string of the molecule is C[NH+](C)CCN(C(=O)/C=C/c1ccccc1)c1nc2cc3c(cc2s1)OCO3. The first-order valence-electron chi connectivity index (χ1n) is 9.14. The Morgan fingerprint density at radius 3 is 2.71 bits per heavy atom. The number of rotatable bonds is 6. The molecule has 1 aliphatic heterocycles. The van der Waals surface area contributed by atoms with Gasteiger partial charge in [-0.1, -0.05) is 41.7 Å². The highest BCUT2D eigenvalue weighted by Gasteiger charge is 2.21. The van der Waals surface area contributed by atoms with Crippen LogP contribution in [0.2, 0.25) is 0 Å². The molecule has 2 aromatic carbocycles. The van der Waals surface area contributed by atoms with E-state index in [1.54, 1.807) is 11.0 Å². The zero-order chi connectivity index (χ0) is 19.5. The Kier molecular flexibility index (Phi) is 5.27. The summed E-state index contributed by atoms with van der Waals surface area (Å²) in [6.45, 7) is 1.65. The third-order valence-corrected chi connectivity index (χ3v) is 5.46. The van der Waals surface area contributed by atoms with E-state index in [-0.39, 0.29) is 12.7 Å². The molecule has 1 aliphatic rings. The molecule has 28 heavy (non-hydrogen) atoms. The predicted molar refractivity (Wildman–Crippen MR) is 111 cm³/mol. The van der Waals surface area contributed by atoms with E-state index < -0.39 is 0 Å². The molecule has 0 bridgehead atoms. The van der Waals surface area contributed by atoms with Crippen LogP contribution in [-0.2, 0) is 4.79 Å². The summed E-state index contributed by atoms with van der Waals surface area (Å²) in [5.74, 6) is 1.34. The number of amides is 1. The summed E-state index contributed by atoms with van der Waals surface area (Å²) >= 11 is 1.49. The molecule has 1 aromatic heterocycles. The molecule has 0 spiro atoms. The second-order valence-corrected chi connectivity index (χ2v) is 7.87. The molecule has 0 atom stereocenters. The standard InChI is InChI=1S/C21H21N3O3S/c1-23(2)10-11-24(20(25)9-8-15-6-4-3-5-7-15)21-22-16-12-17-18(27-14-26-17)13-19(16)28-21/h3-9,12-13H,10-11,14H2,1-2H3/p+1/b9-8+. The van der Waals surface area contributed by atoms with E-state index in [4.69, 9.17) is 9.47 Å². The van der Waals surface area contributed by atoms with Crippen LogP contribution < -0.4 is 19.3 Å². The van der Waals surface area contributed by atoms with Crippen molar-refractivity contribution in [2.45, 2.75) is 0 Å². The molecular formula is C21H22N3O3S+. The summed E-state index contributed by atoms with van der Waals surface area (Å²) in [5.41, 5.74) is 1.80. The summed E-state index contributed by atoms with van der Waals surface area (Å²) in [7, 11) is 4.14. The molecule has 7 heteroatoms. The maximum Gasteiger partial charge on any atom is 0.252 e. The van der Waals surface area contributed by atoms with Crippen molar-refractivity contribution in [2.75, 3.05) is 38.9 Å². The number of ether oxygens (including phenoxy) is 2. The van der Waals surface area contributed by atoms with Crippen LogP contribution in [-0.4, -0.2) is 44.9 Å². The lowest BCUT2D eigenvalue weighted by Gasteiger charge is -2.19. The van der Waals surface area contributed by atoms with Crippen molar-refractivity contribution in [3.63, 3.8) is 0 Å². The third kappa shape index (κ3) is 4.00. The molecule has 4 rings (SSSR count). The fourth-order valence-electron chi connectivity index (χ4n) is 2.88. The number of benzene rings is 2. The van der Waals surface area contributed by atoms with Gasteiger partial charge in [-0.3, -0.25) is 9.69 Å². The van der Waals surface area contributed by atoms with E-state index in [0.29, 0.717) is 17.4 Å². The van der Waals surface area contributed by atoms with Gasteiger partial charge in [0.15, 0.2) is 16.6 Å². The summed E-state index contributed by atoms with van der Waals surface area (Å²) in [4.78, 5) is 20.7. The average Bonchev–Trinajstić information content (AvgIpc) is 3.30. The molecule has 0 saturated heterocycles. The number of nitrogens with one attached hydrogen (secondary N) is 1. The van der Waals surface area contributed by atoms with E-state index in [0.717, 1.165) is 28.1 Å². The van der Waals surface area contributed by atoms with Crippen LogP contribution in [0.3, 0.4) is 0 Å². The lowest BCUT2D eigenvalue weighted by molar-refractivity contribution is -0.856. The number of hydrogen-bond donors (Lipinski definition) is 1. The molecule has 144 valence electrons. The maximum atomic E-state index is 13.0. The van der Waals surface area contributed by atoms with Crippen LogP contribution in [0.5, 0.6) is 11.5 Å². The summed E-state index contributed by atoms with van der Waals surface area (Å²) in [5, 5.41) is 0.683. The first-order chi connectivity index (χ1) is 13.6. The fraction of sp³-hybridized carbons (Fsp3) is 0.238. The first-order valence-corrected chi connectivity index (χ1v) is 9.95. The average molecular weight is 396 g/mol. The zero-order valence-electron chi connectivity index (χ0n) is 15.8. The highest BCUT2D eigenvalue weighted by molar-refractivity contribution is 7.22. The molecule has 1 amide bonds. The number of anilines is 1. The number of carbonyl (C=O) groups excluding carboxylic acids is 1. The van der Waals surface area contributed by atoms with Crippen molar-refractivity contribution in [3.05, 3.63) is 54.1 Å². The van der Waals surface area contributed by atoms with Crippen LogP contribution in [0.1, 0.15) is 5.56 Å². The fourth-order valence-corrected chi connectivity index (χ4v) is 3.89. The van der Waals surface area contributed by atoms with Crippen LogP contribution in [0.15, 0.2) is 48.5 Å². The molecule has 0 aliphatic carbocycles. The number of likely N-dealkylation sites (N-methyl/N-ethyl adjacent to an activating group) is 1. The van der Waals surface area contributed by atoms with Gasteiger partial charge in [0.25, 0.3) is 5.91 Å². The molecule has 0 unspecified atom stereocenters. The van der Waals surface area contributed by atoms with E-state index in [1.165, 1.54) is 16.2 Å². The third-order valence-electron chi connectivity index (χ3n) is 4.42. The predicted octanol–water partition coefficient (Wildman–Crippen LogP) is 2.22. The Bertz CT molecular complexity index is 973. The minimum atomic E-state index is -0.0794. The highest BCUT2D eigenvalue weighted by atomic mass is 32.1. The largest absolute Gasteiger partial charge is 0.454 e. The lowest BCUT2D eigenvalue weighted by Crippen LogP contribution is -3.06. The molecule has 2 heterocycles. The molecule has 3 aromatic rings. The number of quaternary nitrogens is 1. The monoisotopic (exact) mass is 396 g/mol. The Morgan fingerprint density at radius 1 is 1.21 bits per heavy atom. The molecule has 0 radical (unpaired) electrons. The first kappa shape index (κ1) is 18.5. The Balaban J connectivity index is 1.62. The number of fused-ring (bicyclic) bond motifs is 2. The second-order valence-electron chi connectivity index (χ2n) is 6.86. The van der Waals surface area contributed by atoms with Gasteiger partial charge in [0.05, 0.1) is 37.4 Å². The van der Waals surface area contributed by atoms with Crippen molar-refractivity contribution < 1.29 is 19.2 Å². The van der Waals surface area contributed by atoms with Gasteiger partial charge in [0.2, 0.25) is 6.79 Å². The Morgan fingerprint density at radius 2 is 1.96 bits per heavy atom. The Hall–Kier alpha value is -2.90. The van der Waals surface area contributed by atoms with Crippen molar-refractivity contribution in [1.82, 2.24) is 4.98 Å². The van der Waals surface area contributed by atoms with Crippen LogP contribution in [0.25, 0.3) is 16.3 Å². The van der Waals surface area contributed by atoms with Gasteiger partial charge in [-0.25, -0.2) is 4.98 Å². The van der Waals surface area contributed by atoms with E-state index in [2.05, 4.69) is 19.1 Å². The lowest BCUT2D eigenvalue weighted by atomic mass is 10.2. The number of thiazole rings is 1. The molecule has 0 saturated carbocycles. The smallest absolute Gasteiger partial charge is 0.252 e. The van der Waals surface area contributed by atoms with Crippen LogP contribution in [0, 0.1) is 0 Å². The minimum absolute atomic E-state index is 0.0794. The van der Waals surface area contributed by atoms with E-state index in [1.807, 2.05) is 48.5 Å². The van der Waals surface area contributed by atoms with Gasteiger partial charge in [-0.05, 0) is 11.6 Å². The number of hydrogen-bond acceptors (Lipinski definition) is 5. The number of nitrogens with zero attached hydrogens (tertiary/aromatic N) is 2. The minimum Gasteiger partial charge on any atom is -0.454 e. The van der Waals surface area contributed by atoms with Crippen molar-refractivity contribution in [1.29, 1.82) is 0 Å². The van der Waals surface area contributed by atoms with Crippen molar-refractivity contribution >= 4 is 38.7 Å². The normalized spacial score (nSPS) is 13.0. The van der Waals surface area contributed by atoms with Gasteiger partial charge in [0.1, 0.15) is 0 Å². The molecule has 1 N–H and O–H groups in total. The summed E-state index contributed by atoms with van der Waals surface area (Å²) < 4.78 is 11.9. The number of carbonyl (C=O) groups is 1. The van der Waals surface area contributed by atoms with Gasteiger partial charge >= 0.3 is 0 Å². The van der Waals surface area contributed by atoms with Crippen LogP contribution >= 0.6 is 11.3 Å². The topological polar surface area (TPSA) is 56.1 Å². The van der Waals surface area contributed by atoms with Crippen molar-refractivity contribution in [2.24, 2.45) is 0 Å². The van der Waals surface area contributed by atoms with Gasteiger partial charge in [-0.15, -0.1) is 0 Å². The van der Waals surface area contributed by atoms with E-state index in [9.17, 15) is 4.79 Å². The highest BCUT2D eigenvalue weighted by Crippen LogP contribution is 2.39. The van der Waals surface area contributed by atoms with Gasteiger partial charge in [0, 0.05) is 18.2 Å².